The summed E-state index contributed by atoms with van der Waals surface area (Å²) >= 11 is 6.27. The fourth-order valence-electron chi connectivity index (χ4n) is 2.40. The second kappa shape index (κ2) is 1.54. The second-order valence-electron chi connectivity index (χ2n) is 4.11. The lowest BCUT2D eigenvalue weighted by Crippen LogP contribution is -2.16. The Morgan fingerprint density at radius 1 is 1.60 bits per heavy atom. The predicted octanol–water partition coefficient (Wildman–Crippen LogP) is 1.77. The first-order valence-electron chi connectivity index (χ1n) is 3.88. The Morgan fingerprint density at radius 3 is 2.30 bits per heavy atom. The summed E-state index contributed by atoms with van der Waals surface area (Å²) < 4.78 is 0. The van der Waals surface area contributed by atoms with Gasteiger partial charge in [-0.3, -0.25) is 0 Å². The molecule has 2 aliphatic carbocycles. The first-order valence-corrected chi connectivity index (χ1v) is 4.25. The molecule has 1 nitrogen and oxygen atoms in total. The van der Waals surface area contributed by atoms with E-state index in [0.29, 0.717) is 5.92 Å². The van der Waals surface area contributed by atoms with Crippen LogP contribution in [-0.4, -0.2) is 16.1 Å². The maximum absolute atomic E-state index is 9.55. The smallest absolute Gasteiger partial charge is 0.0614 e. The molecular formula is C8H13ClO. The Labute approximate surface area is 66.4 Å². The number of hydrogen-bond donors (Lipinski definition) is 1. The molecule has 0 spiro atoms. The van der Waals surface area contributed by atoms with Gasteiger partial charge in [0, 0.05) is 5.41 Å². The first kappa shape index (κ1) is 6.93. The van der Waals surface area contributed by atoms with Gasteiger partial charge in [0.05, 0.1) is 11.0 Å². The zero-order valence-corrected chi connectivity index (χ0v) is 7.15. The number of rotatable bonds is 0. The number of aliphatic hydroxyl groups is 1. The van der Waals surface area contributed by atoms with Crippen LogP contribution in [0.15, 0.2) is 0 Å². The Bertz CT molecular complexity index is 164. The molecule has 2 fully saturated rings. The van der Waals surface area contributed by atoms with Crippen molar-refractivity contribution >= 4 is 11.6 Å². The van der Waals surface area contributed by atoms with Gasteiger partial charge in [0.15, 0.2) is 0 Å². The van der Waals surface area contributed by atoms with Gasteiger partial charge in [-0.2, -0.15) is 0 Å². The van der Waals surface area contributed by atoms with Crippen LogP contribution in [0.4, 0.5) is 0 Å². The van der Waals surface area contributed by atoms with Gasteiger partial charge >= 0.3 is 0 Å². The normalized spacial score (nSPS) is 66.0. The van der Waals surface area contributed by atoms with Crippen LogP contribution in [0, 0.1) is 11.3 Å². The van der Waals surface area contributed by atoms with Crippen LogP contribution in [0.2, 0.25) is 0 Å². The van der Waals surface area contributed by atoms with E-state index in [1.165, 1.54) is 0 Å². The molecule has 0 radical (unpaired) electrons. The molecule has 2 rings (SSSR count). The van der Waals surface area contributed by atoms with Crippen molar-refractivity contribution < 1.29 is 5.11 Å². The van der Waals surface area contributed by atoms with Gasteiger partial charge in [0.2, 0.25) is 0 Å². The number of hydrogen-bond acceptors (Lipinski definition) is 1. The molecule has 0 aromatic carbocycles. The highest BCUT2D eigenvalue weighted by atomic mass is 35.5. The largest absolute Gasteiger partial charge is 0.392 e. The highest BCUT2D eigenvalue weighted by Gasteiger charge is 2.73. The molecule has 0 aromatic heterocycles. The molecule has 58 valence electrons. The van der Waals surface area contributed by atoms with E-state index in [1.807, 2.05) is 0 Å². The Kier molecular flexibility index (Phi) is 1.06. The van der Waals surface area contributed by atoms with Crippen molar-refractivity contribution in [1.82, 2.24) is 0 Å². The highest BCUT2D eigenvalue weighted by Crippen LogP contribution is 2.72. The van der Waals surface area contributed by atoms with Gasteiger partial charge in [-0.25, -0.2) is 0 Å². The fourth-order valence-corrected chi connectivity index (χ4v) is 2.90. The van der Waals surface area contributed by atoms with Crippen molar-refractivity contribution in [3.63, 3.8) is 0 Å². The van der Waals surface area contributed by atoms with E-state index in [1.54, 1.807) is 0 Å². The average Bonchev–Trinajstić information content (AvgIpc) is 2.33. The van der Waals surface area contributed by atoms with Crippen LogP contribution in [0.3, 0.4) is 0 Å². The van der Waals surface area contributed by atoms with Crippen molar-refractivity contribution in [3.8, 4) is 0 Å². The van der Waals surface area contributed by atoms with Gasteiger partial charge in [0.25, 0.3) is 0 Å². The topological polar surface area (TPSA) is 20.2 Å². The molecule has 4 atom stereocenters. The van der Waals surface area contributed by atoms with Crippen LogP contribution >= 0.6 is 11.6 Å². The molecular weight excluding hydrogens is 148 g/mol. The lowest BCUT2D eigenvalue weighted by molar-refractivity contribution is 0.111. The monoisotopic (exact) mass is 160 g/mol. The summed E-state index contributed by atoms with van der Waals surface area (Å²) in [6.45, 7) is 4.22. The number of alkyl halides is 1. The van der Waals surface area contributed by atoms with Crippen molar-refractivity contribution in [2.24, 2.45) is 11.3 Å². The fraction of sp³-hybridized carbons (Fsp3) is 1.00. The minimum absolute atomic E-state index is 0.0492. The molecule has 1 N–H and O–H groups in total. The number of aliphatic hydroxyl groups excluding tert-OH is 1. The van der Waals surface area contributed by atoms with E-state index in [-0.39, 0.29) is 16.4 Å². The minimum atomic E-state index is -0.153. The van der Waals surface area contributed by atoms with E-state index >= 15 is 0 Å². The van der Waals surface area contributed by atoms with Gasteiger partial charge < -0.3 is 5.11 Å². The van der Waals surface area contributed by atoms with Gasteiger partial charge in [-0.1, -0.05) is 13.8 Å². The van der Waals surface area contributed by atoms with Gasteiger partial charge in [-0.15, -0.1) is 11.6 Å². The van der Waals surface area contributed by atoms with Crippen LogP contribution in [0.5, 0.6) is 0 Å². The first-order chi connectivity index (χ1) is 4.51. The van der Waals surface area contributed by atoms with Crippen molar-refractivity contribution in [3.05, 3.63) is 0 Å². The summed E-state index contributed by atoms with van der Waals surface area (Å²) in [6, 6.07) is 0. The zero-order chi connectivity index (χ0) is 7.57. The van der Waals surface area contributed by atoms with Crippen LogP contribution in [-0.2, 0) is 0 Å². The molecule has 2 heteroatoms. The standard InChI is InChI=1S/C8H13ClO/c1-5-3-6(10)7(2)4-8(5,7)9/h5-6,10H,3-4H2,1-2H3/t5-,6-,7+,8+/m0/s1. The van der Waals surface area contributed by atoms with Crippen LogP contribution in [0.25, 0.3) is 0 Å². The Morgan fingerprint density at radius 2 is 2.20 bits per heavy atom. The SMILES string of the molecule is C[C@H]1C[C@H](O)[C@@]2(C)C[C@@]12Cl. The number of halogens is 1. The lowest BCUT2D eigenvalue weighted by atomic mass is 10.0. The summed E-state index contributed by atoms with van der Waals surface area (Å²) in [6.07, 6.45) is 1.74. The van der Waals surface area contributed by atoms with E-state index in [4.69, 9.17) is 11.6 Å². The van der Waals surface area contributed by atoms with Gasteiger partial charge in [-0.05, 0) is 18.8 Å². The third kappa shape index (κ3) is 0.507. The third-order valence-electron chi connectivity index (χ3n) is 3.54. The molecule has 0 saturated heterocycles. The van der Waals surface area contributed by atoms with E-state index in [0.717, 1.165) is 12.8 Å². The Hall–Kier alpha value is 0.250. The molecule has 0 bridgehead atoms. The van der Waals surface area contributed by atoms with E-state index < -0.39 is 0 Å². The lowest BCUT2D eigenvalue weighted by Gasteiger charge is -2.10. The minimum Gasteiger partial charge on any atom is -0.392 e. The molecule has 0 amide bonds. The summed E-state index contributed by atoms with van der Waals surface area (Å²) in [5, 5.41) is 9.55. The summed E-state index contributed by atoms with van der Waals surface area (Å²) in [7, 11) is 0. The predicted molar refractivity (Wildman–Crippen MR) is 41.1 cm³/mol. The maximum atomic E-state index is 9.55. The third-order valence-corrected chi connectivity index (χ3v) is 4.48. The summed E-state index contributed by atoms with van der Waals surface area (Å²) in [4.78, 5) is -0.0492. The quantitative estimate of drug-likeness (QED) is 0.536. The van der Waals surface area contributed by atoms with E-state index in [2.05, 4.69) is 13.8 Å². The molecule has 2 aliphatic rings. The maximum Gasteiger partial charge on any atom is 0.0614 e. The average molecular weight is 161 g/mol. The molecule has 0 unspecified atom stereocenters. The van der Waals surface area contributed by atoms with Crippen LogP contribution in [0.1, 0.15) is 26.7 Å². The molecule has 0 heterocycles. The highest BCUT2D eigenvalue weighted by molar-refractivity contribution is 6.27. The van der Waals surface area contributed by atoms with Crippen molar-refractivity contribution in [2.75, 3.05) is 0 Å². The van der Waals surface area contributed by atoms with E-state index in [9.17, 15) is 5.11 Å². The molecule has 0 aromatic rings. The molecule has 0 aliphatic heterocycles. The number of fused-ring (bicyclic) bond motifs is 1. The summed E-state index contributed by atoms with van der Waals surface area (Å²) in [5.41, 5.74) is 0.0496. The van der Waals surface area contributed by atoms with Crippen molar-refractivity contribution in [2.45, 2.75) is 37.7 Å². The molecule has 10 heavy (non-hydrogen) atoms. The van der Waals surface area contributed by atoms with Crippen molar-refractivity contribution in [1.29, 1.82) is 0 Å². The molecule has 2 saturated carbocycles. The zero-order valence-electron chi connectivity index (χ0n) is 6.39. The Balaban J connectivity index is 2.30. The van der Waals surface area contributed by atoms with Gasteiger partial charge in [0.1, 0.15) is 0 Å². The second-order valence-corrected chi connectivity index (χ2v) is 4.78. The summed E-state index contributed by atoms with van der Waals surface area (Å²) in [5.74, 6) is 0.495. The van der Waals surface area contributed by atoms with Crippen LogP contribution < -0.4 is 0 Å².